The summed E-state index contributed by atoms with van der Waals surface area (Å²) >= 11 is 14.5. The molecule has 148 valence electrons. The van der Waals surface area contributed by atoms with Gasteiger partial charge in [-0.05, 0) is 24.1 Å². The molecule has 1 unspecified atom stereocenters. The Hall–Kier alpha value is -0.660. The highest BCUT2D eigenvalue weighted by Gasteiger charge is 2.21. The molecule has 2 rings (SSSR count). The number of benzene rings is 1. The van der Waals surface area contributed by atoms with Gasteiger partial charge in [-0.2, -0.15) is 0 Å². The van der Waals surface area contributed by atoms with Gasteiger partial charge >= 0.3 is 0 Å². The van der Waals surface area contributed by atoms with Crippen molar-refractivity contribution in [2.45, 2.75) is 50.8 Å². The molecule has 0 aliphatic rings. The first kappa shape index (κ1) is 22.6. The molecular formula is C19H24Cl2N2O2S2. The van der Waals surface area contributed by atoms with Gasteiger partial charge in [0, 0.05) is 29.0 Å². The second-order valence-electron chi connectivity index (χ2n) is 6.10. The normalized spacial score (nSPS) is 12.3. The molecule has 0 amide bonds. The zero-order chi connectivity index (χ0) is 19.5. The molecule has 0 spiro atoms. The van der Waals surface area contributed by atoms with Crippen LogP contribution in [0.5, 0.6) is 0 Å². The van der Waals surface area contributed by atoms with Crippen LogP contribution in [0.2, 0.25) is 10.0 Å². The number of hydrogen-bond donors (Lipinski definition) is 0. The van der Waals surface area contributed by atoms with Crippen LogP contribution in [0.15, 0.2) is 36.9 Å². The van der Waals surface area contributed by atoms with E-state index in [0.29, 0.717) is 23.2 Å². The summed E-state index contributed by atoms with van der Waals surface area (Å²) in [5, 5.41) is 0.967. The second kappa shape index (κ2) is 12.7. The molecule has 0 saturated heterocycles. The Morgan fingerprint density at radius 1 is 1.26 bits per heavy atom. The van der Waals surface area contributed by atoms with E-state index in [4.69, 9.17) is 27.4 Å². The number of aromatic nitrogens is 2. The molecule has 0 fully saturated rings. The van der Waals surface area contributed by atoms with E-state index in [0.717, 1.165) is 30.4 Å². The first-order valence-electron chi connectivity index (χ1n) is 9.01. The summed E-state index contributed by atoms with van der Waals surface area (Å²) in [7, 11) is 0. The van der Waals surface area contributed by atoms with Crippen LogP contribution in [0.1, 0.15) is 49.8 Å². The average Bonchev–Trinajstić information content (AvgIpc) is 3.13. The molecular weight excluding hydrogens is 423 g/mol. The van der Waals surface area contributed by atoms with Gasteiger partial charge in [0.25, 0.3) is 4.45 Å². The number of hydrogen-bond acceptors (Lipinski definition) is 5. The Kier molecular flexibility index (Phi) is 10.7. The standard InChI is InChI=1S/C19H24Cl2N2O2S2/c1-2-3-4-5-6-11-25-27-19(24)26-18(13-23-10-9-22-14-23)16-8-7-15(20)12-17(16)21/h7-10,12,14,18H,2-6,11,13H2,1H3. The summed E-state index contributed by atoms with van der Waals surface area (Å²) in [5.41, 5.74) is 0.869. The lowest BCUT2D eigenvalue weighted by Gasteiger charge is -2.18. The first-order chi connectivity index (χ1) is 13.1. The highest BCUT2D eigenvalue weighted by molar-refractivity contribution is 8.36. The fourth-order valence-electron chi connectivity index (χ4n) is 2.54. The van der Waals surface area contributed by atoms with E-state index < -0.39 is 0 Å². The molecule has 0 N–H and O–H groups in total. The third-order valence-electron chi connectivity index (χ3n) is 3.94. The third kappa shape index (κ3) is 8.48. The molecule has 0 aliphatic heterocycles. The Morgan fingerprint density at radius 3 is 2.78 bits per heavy atom. The summed E-state index contributed by atoms with van der Waals surface area (Å²) in [5.74, 6) is 0. The predicted molar refractivity (Wildman–Crippen MR) is 117 cm³/mol. The summed E-state index contributed by atoms with van der Waals surface area (Å²) in [6, 6.07) is 5.35. The van der Waals surface area contributed by atoms with E-state index in [1.54, 1.807) is 24.7 Å². The van der Waals surface area contributed by atoms with E-state index >= 15 is 0 Å². The van der Waals surface area contributed by atoms with Crippen LogP contribution < -0.4 is 0 Å². The number of thioether (sulfide) groups is 1. The average molecular weight is 447 g/mol. The highest BCUT2D eigenvalue weighted by Crippen LogP contribution is 2.39. The molecule has 1 heterocycles. The second-order valence-corrected chi connectivity index (χ2v) is 9.15. The molecule has 4 nitrogen and oxygen atoms in total. The summed E-state index contributed by atoms with van der Waals surface area (Å²) < 4.78 is 7.31. The maximum Gasteiger partial charge on any atom is 0.273 e. The minimum Gasteiger partial charge on any atom is -0.336 e. The Morgan fingerprint density at radius 2 is 2.07 bits per heavy atom. The van der Waals surface area contributed by atoms with Crippen LogP contribution in [0, 0.1) is 0 Å². The van der Waals surface area contributed by atoms with Crippen LogP contribution in [-0.2, 0) is 10.7 Å². The van der Waals surface area contributed by atoms with Crippen molar-refractivity contribution in [3.8, 4) is 0 Å². The number of carbonyl (C=O) groups excluding carboxylic acids is 1. The van der Waals surface area contributed by atoms with E-state index in [1.165, 1.54) is 31.0 Å². The van der Waals surface area contributed by atoms with Gasteiger partial charge in [-0.15, -0.1) is 0 Å². The molecule has 2 aromatic rings. The number of unbranched alkanes of at least 4 members (excludes halogenated alkanes) is 4. The van der Waals surface area contributed by atoms with Gasteiger partial charge < -0.3 is 8.75 Å². The molecule has 8 heteroatoms. The van der Waals surface area contributed by atoms with Gasteiger partial charge in [0.05, 0.1) is 30.2 Å². The van der Waals surface area contributed by atoms with Crippen molar-refractivity contribution in [2.24, 2.45) is 0 Å². The van der Waals surface area contributed by atoms with Gasteiger partial charge in [-0.1, -0.05) is 73.6 Å². The Labute approximate surface area is 179 Å². The Bertz CT molecular complexity index is 699. The van der Waals surface area contributed by atoms with Crippen LogP contribution in [-0.4, -0.2) is 20.6 Å². The van der Waals surface area contributed by atoms with Crippen molar-refractivity contribution in [1.82, 2.24) is 9.55 Å². The van der Waals surface area contributed by atoms with Crippen LogP contribution in [0.3, 0.4) is 0 Å². The molecule has 0 bridgehead atoms. The lowest BCUT2D eigenvalue weighted by molar-refractivity contribution is 0.273. The maximum atomic E-state index is 12.4. The molecule has 0 saturated carbocycles. The van der Waals surface area contributed by atoms with Crippen LogP contribution >= 0.6 is 47.0 Å². The smallest absolute Gasteiger partial charge is 0.273 e. The molecule has 1 atom stereocenters. The van der Waals surface area contributed by atoms with Gasteiger partial charge in [-0.3, -0.25) is 4.79 Å². The van der Waals surface area contributed by atoms with Crippen LogP contribution in [0.4, 0.5) is 4.79 Å². The van der Waals surface area contributed by atoms with Crippen molar-refractivity contribution in [2.75, 3.05) is 6.61 Å². The fraction of sp³-hybridized carbons (Fsp3) is 0.474. The summed E-state index contributed by atoms with van der Waals surface area (Å²) in [4.78, 5) is 16.4. The van der Waals surface area contributed by atoms with E-state index in [1.807, 2.05) is 16.8 Å². The number of carbonyl (C=O) groups is 1. The molecule has 0 radical (unpaired) electrons. The predicted octanol–water partition coefficient (Wildman–Crippen LogP) is 7.42. The van der Waals surface area contributed by atoms with Crippen LogP contribution in [0.25, 0.3) is 0 Å². The summed E-state index contributed by atoms with van der Waals surface area (Å²) in [6.07, 6.45) is 11.1. The highest BCUT2D eigenvalue weighted by atomic mass is 35.5. The minimum atomic E-state index is -0.155. The van der Waals surface area contributed by atoms with Gasteiger partial charge in [0.15, 0.2) is 0 Å². The number of imidazole rings is 1. The lowest BCUT2D eigenvalue weighted by Crippen LogP contribution is -2.07. The van der Waals surface area contributed by atoms with Crippen molar-refractivity contribution in [3.05, 3.63) is 52.5 Å². The minimum absolute atomic E-state index is 0.0836. The number of nitrogens with zero attached hydrogens (tertiary/aromatic N) is 2. The SMILES string of the molecule is CCCCCCCOSC(=O)SC(Cn1ccnc1)c1ccc(Cl)cc1Cl. The fourth-order valence-corrected chi connectivity index (χ4v) is 4.90. The largest absolute Gasteiger partial charge is 0.336 e. The zero-order valence-corrected chi connectivity index (χ0v) is 18.4. The first-order valence-corrected chi connectivity index (χ1v) is 11.4. The molecule has 27 heavy (non-hydrogen) atoms. The van der Waals surface area contributed by atoms with E-state index in [2.05, 4.69) is 11.9 Å². The topological polar surface area (TPSA) is 44.1 Å². The number of halogens is 2. The monoisotopic (exact) mass is 446 g/mol. The van der Waals surface area contributed by atoms with Crippen molar-refractivity contribution in [1.29, 1.82) is 0 Å². The summed E-state index contributed by atoms with van der Waals surface area (Å²) in [6.45, 7) is 3.36. The molecule has 0 aliphatic carbocycles. The van der Waals surface area contributed by atoms with Crippen molar-refractivity contribution < 1.29 is 8.98 Å². The lowest BCUT2D eigenvalue weighted by atomic mass is 10.1. The molecule has 1 aromatic heterocycles. The van der Waals surface area contributed by atoms with Crippen molar-refractivity contribution >= 4 is 51.5 Å². The molecule has 1 aromatic carbocycles. The van der Waals surface area contributed by atoms with Gasteiger partial charge in [0.1, 0.15) is 0 Å². The van der Waals surface area contributed by atoms with Gasteiger partial charge in [0.2, 0.25) is 0 Å². The van der Waals surface area contributed by atoms with Gasteiger partial charge in [-0.25, -0.2) is 4.98 Å². The quantitative estimate of drug-likeness (QED) is 0.265. The van der Waals surface area contributed by atoms with Crippen molar-refractivity contribution in [3.63, 3.8) is 0 Å². The third-order valence-corrected chi connectivity index (χ3v) is 6.30. The zero-order valence-electron chi connectivity index (χ0n) is 15.3. The number of rotatable bonds is 11. The Balaban J connectivity index is 1.89. The van der Waals surface area contributed by atoms with E-state index in [9.17, 15) is 4.79 Å². The van der Waals surface area contributed by atoms with E-state index in [-0.39, 0.29) is 9.70 Å². The maximum absolute atomic E-state index is 12.4.